The van der Waals surface area contributed by atoms with Crippen LogP contribution in [0.4, 0.5) is 18.9 Å². The van der Waals surface area contributed by atoms with Gasteiger partial charge < -0.3 is 10.0 Å². The normalized spacial score (nSPS) is 15.3. The van der Waals surface area contributed by atoms with Crippen LogP contribution < -0.4 is 4.90 Å². The van der Waals surface area contributed by atoms with Crippen molar-refractivity contribution in [2.75, 3.05) is 11.4 Å². The molecule has 1 aromatic heterocycles. The van der Waals surface area contributed by atoms with Gasteiger partial charge in [0.15, 0.2) is 5.69 Å². The van der Waals surface area contributed by atoms with E-state index in [-0.39, 0.29) is 23.3 Å². The molecule has 0 radical (unpaired) electrons. The standard InChI is InChI=1S/C13H16F3N3O2/c1-7(2)11-17-5-9(10(18-11)12(20)21)19(8-3-4-8)6-13(14,15)16/h5,7-8H,3-4,6H2,1-2H3,(H,20,21). The van der Waals surface area contributed by atoms with Crippen LogP contribution in [-0.4, -0.2) is 39.8 Å². The van der Waals surface area contributed by atoms with E-state index in [2.05, 4.69) is 9.97 Å². The maximum absolute atomic E-state index is 12.7. The molecular formula is C13H16F3N3O2. The molecule has 2 rings (SSSR count). The highest BCUT2D eigenvalue weighted by Crippen LogP contribution is 2.35. The molecule has 1 aromatic rings. The van der Waals surface area contributed by atoms with Gasteiger partial charge in [-0.25, -0.2) is 14.8 Å². The fourth-order valence-electron chi connectivity index (χ4n) is 2.03. The van der Waals surface area contributed by atoms with Crippen LogP contribution in [0.5, 0.6) is 0 Å². The number of anilines is 1. The average molecular weight is 303 g/mol. The molecular weight excluding hydrogens is 287 g/mol. The van der Waals surface area contributed by atoms with E-state index >= 15 is 0 Å². The summed E-state index contributed by atoms with van der Waals surface area (Å²) in [4.78, 5) is 20.3. The second kappa shape index (κ2) is 5.50. The number of hydrogen-bond acceptors (Lipinski definition) is 4. The lowest BCUT2D eigenvalue weighted by molar-refractivity contribution is -0.120. The van der Waals surface area contributed by atoms with Crippen LogP contribution in [0, 0.1) is 0 Å². The van der Waals surface area contributed by atoms with E-state index < -0.39 is 18.7 Å². The van der Waals surface area contributed by atoms with Gasteiger partial charge in [0.25, 0.3) is 0 Å². The van der Waals surface area contributed by atoms with Crippen LogP contribution >= 0.6 is 0 Å². The predicted molar refractivity (Wildman–Crippen MR) is 69.5 cm³/mol. The largest absolute Gasteiger partial charge is 0.476 e. The maximum atomic E-state index is 12.7. The molecule has 116 valence electrons. The number of nitrogens with zero attached hydrogens (tertiary/aromatic N) is 3. The van der Waals surface area contributed by atoms with Gasteiger partial charge in [0.05, 0.1) is 11.9 Å². The van der Waals surface area contributed by atoms with Crippen molar-refractivity contribution in [2.45, 2.75) is 44.8 Å². The Morgan fingerprint density at radius 3 is 2.52 bits per heavy atom. The van der Waals surface area contributed by atoms with Gasteiger partial charge in [0, 0.05) is 12.0 Å². The van der Waals surface area contributed by atoms with E-state index in [1.54, 1.807) is 13.8 Å². The first-order chi connectivity index (χ1) is 9.69. The number of carboxylic acids is 1. The molecule has 5 nitrogen and oxygen atoms in total. The third-order valence-corrected chi connectivity index (χ3v) is 3.15. The number of halogens is 3. The Morgan fingerprint density at radius 2 is 2.10 bits per heavy atom. The zero-order valence-electron chi connectivity index (χ0n) is 11.7. The minimum Gasteiger partial charge on any atom is -0.476 e. The number of hydrogen-bond donors (Lipinski definition) is 1. The van der Waals surface area contributed by atoms with Crippen LogP contribution in [0.25, 0.3) is 0 Å². The molecule has 1 heterocycles. The Bertz CT molecular complexity index is 542. The van der Waals surface area contributed by atoms with Crippen molar-refractivity contribution in [1.82, 2.24) is 9.97 Å². The first-order valence-corrected chi connectivity index (χ1v) is 6.62. The summed E-state index contributed by atoms with van der Waals surface area (Å²) in [5.74, 6) is -1.14. The lowest BCUT2D eigenvalue weighted by Crippen LogP contribution is -2.37. The van der Waals surface area contributed by atoms with E-state index in [0.717, 1.165) is 4.90 Å². The summed E-state index contributed by atoms with van der Waals surface area (Å²) in [6.45, 7) is 2.38. The van der Waals surface area contributed by atoms with Crippen molar-refractivity contribution in [3.05, 3.63) is 17.7 Å². The molecule has 1 aliphatic rings. The zero-order valence-corrected chi connectivity index (χ0v) is 11.7. The molecule has 0 amide bonds. The lowest BCUT2D eigenvalue weighted by Gasteiger charge is -2.26. The SMILES string of the molecule is CC(C)c1ncc(N(CC(F)(F)F)C2CC2)c(C(=O)O)n1. The van der Waals surface area contributed by atoms with Gasteiger partial charge in [-0.3, -0.25) is 0 Å². The Hall–Kier alpha value is -1.86. The van der Waals surface area contributed by atoms with E-state index in [4.69, 9.17) is 0 Å². The maximum Gasteiger partial charge on any atom is 0.405 e. The number of alkyl halides is 3. The molecule has 21 heavy (non-hydrogen) atoms. The second-order valence-corrected chi connectivity index (χ2v) is 5.40. The van der Waals surface area contributed by atoms with Crippen LogP contribution in [0.1, 0.15) is 48.9 Å². The Morgan fingerprint density at radius 1 is 1.48 bits per heavy atom. The van der Waals surface area contributed by atoms with Crippen molar-refractivity contribution < 1.29 is 23.1 Å². The summed E-state index contributed by atoms with van der Waals surface area (Å²) in [5, 5.41) is 9.22. The molecule has 1 fully saturated rings. The van der Waals surface area contributed by atoms with Gasteiger partial charge in [0.1, 0.15) is 12.4 Å². The van der Waals surface area contributed by atoms with Crippen molar-refractivity contribution in [2.24, 2.45) is 0 Å². The van der Waals surface area contributed by atoms with E-state index in [1.165, 1.54) is 6.20 Å². The first-order valence-electron chi connectivity index (χ1n) is 6.62. The molecule has 1 N–H and O–H groups in total. The molecule has 0 unspecified atom stereocenters. The van der Waals surface area contributed by atoms with Crippen LogP contribution in [-0.2, 0) is 0 Å². The van der Waals surface area contributed by atoms with Gasteiger partial charge in [-0.1, -0.05) is 13.8 Å². The highest BCUT2D eigenvalue weighted by molar-refractivity contribution is 5.92. The summed E-state index contributed by atoms with van der Waals surface area (Å²) in [7, 11) is 0. The number of aromatic carboxylic acids is 1. The molecule has 0 aliphatic heterocycles. The first kappa shape index (κ1) is 15.5. The van der Waals surface area contributed by atoms with Crippen LogP contribution in [0.3, 0.4) is 0 Å². The molecule has 0 bridgehead atoms. The summed E-state index contributed by atoms with van der Waals surface area (Å²) in [6, 6.07) is -0.293. The van der Waals surface area contributed by atoms with Crippen molar-refractivity contribution in [3.63, 3.8) is 0 Å². The summed E-state index contributed by atoms with van der Waals surface area (Å²) in [5.41, 5.74) is -0.434. The lowest BCUT2D eigenvalue weighted by atomic mass is 10.2. The Labute approximate surface area is 119 Å². The number of carbonyl (C=O) groups is 1. The Balaban J connectivity index is 2.42. The van der Waals surface area contributed by atoms with E-state index in [9.17, 15) is 23.1 Å². The fraction of sp³-hybridized carbons (Fsp3) is 0.615. The molecule has 1 aliphatic carbocycles. The van der Waals surface area contributed by atoms with Crippen molar-refractivity contribution >= 4 is 11.7 Å². The number of carboxylic acid groups (broad SMARTS) is 1. The minimum absolute atomic E-state index is 0.0632. The quantitative estimate of drug-likeness (QED) is 0.906. The second-order valence-electron chi connectivity index (χ2n) is 5.40. The third-order valence-electron chi connectivity index (χ3n) is 3.15. The Kier molecular flexibility index (Phi) is 4.06. The number of rotatable bonds is 5. The van der Waals surface area contributed by atoms with E-state index in [0.29, 0.717) is 18.7 Å². The molecule has 1 saturated carbocycles. The topological polar surface area (TPSA) is 66.3 Å². The minimum atomic E-state index is -4.41. The van der Waals surface area contributed by atoms with Gasteiger partial charge in [-0.2, -0.15) is 13.2 Å². The van der Waals surface area contributed by atoms with E-state index in [1.807, 2.05) is 0 Å². The smallest absolute Gasteiger partial charge is 0.405 e. The van der Waals surface area contributed by atoms with Crippen molar-refractivity contribution in [1.29, 1.82) is 0 Å². The third kappa shape index (κ3) is 3.83. The number of aromatic nitrogens is 2. The van der Waals surface area contributed by atoms with Gasteiger partial charge in [0.2, 0.25) is 0 Å². The van der Waals surface area contributed by atoms with Gasteiger partial charge >= 0.3 is 12.1 Å². The molecule has 0 aromatic carbocycles. The fourth-order valence-corrected chi connectivity index (χ4v) is 2.03. The summed E-state index contributed by atoms with van der Waals surface area (Å²) >= 11 is 0. The molecule has 8 heteroatoms. The summed E-state index contributed by atoms with van der Waals surface area (Å²) in [6.07, 6.45) is -1.99. The zero-order chi connectivity index (χ0) is 15.8. The summed E-state index contributed by atoms with van der Waals surface area (Å²) < 4.78 is 38.1. The average Bonchev–Trinajstić information content (AvgIpc) is 3.18. The van der Waals surface area contributed by atoms with Gasteiger partial charge in [-0.05, 0) is 12.8 Å². The molecule has 0 spiro atoms. The molecule has 0 saturated heterocycles. The van der Waals surface area contributed by atoms with Gasteiger partial charge in [-0.15, -0.1) is 0 Å². The van der Waals surface area contributed by atoms with Crippen LogP contribution in [0.15, 0.2) is 6.20 Å². The highest BCUT2D eigenvalue weighted by Gasteiger charge is 2.40. The predicted octanol–water partition coefficient (Wildman–Crippen LogP) is 2.83. The van der Waals surface area contributed by atoms with Crippen molar-refractivity contribution in [3.8, 4) is 0 Å². The highest BCUT2D eigenvalue weighted by atomic mass is 19.4. The molecule has 0 atom stereocenters. The van der Waals surface area contributed by atoms with Crippen LogP contribution in [0.2, 0.25) is 0 Å². The monoisotopic (exact) mass is 303 g/mol.